The van der Waals surface area contributed by atoms with Gasteiger partial charge >= 0.3 is 0 Å². The first-order valence-electron chi connectivity index (χ1n) is 14.4. The van der Waals surface area contributed by atoms with Crippen molar-refractivity contribution in [2.24, 2.45) is 0 Å². The van der Waals surface area contributed by atoms with Gasteiger partial charge in [0.15, 0.2) is 0 Å². The maximum absolute atomic E-state index is 5.11. The van der Waals surface area contributed by atoms with Crippen molar-refractivity contribution in [2.45, 2.75) is 58.8 Å². The number of nitrogens with zero attached hydrogens (tertiary/aromatic N) is 1. The van der Waals surface area contributed by atoms with Crippen LogP contribution in [-0.2, 0) is 23.4 Å². The maximum Gasteiger partial charge on any atom is 0.0813 e. The maximum atomic E-state index is 5.11. The molecule has 0 unspecified atom stereocenters. The zero-order chi connectivity index (χ0) is 27.5. The Morgan fingerprint density at radius 1 is 0.615 bits per heavy atom. The van der Waals surface area contributed by atoms with E-state index in [2.05, 4.69) is 116 Å². The zero-order valence-corrected chi connectivity index (χ0v) is 24.9. The third-order valence-electron chi connectivity index (χ3n) is 7.47. The second-order valence-corrected chi connectivity index (χ2v) is 11.5. The van der Waals surface area contributed by atoms with E-state index in [1.807, 2.05) is 0 Å². The van der Waals surface area contributed by atoms with Crippen LogP contribution in [0.25, 0.3) is 33.4 Å². The third kappa shape index (κ3) is 8.32. The number of unbranched alkanes of at least 4 members (excludes halogenated alkanes) is 2. The van der Waals surface area contributed by atoms with Crippen LogP contribution in [0.1, 0.15) is 56.2 Å². The quantitative estimate of drug-likeness (QED) is 0.0902. The molecule has 0 heterocycles. The summed E-state index contributed by atoms with van der Waals surface area (Å²) in [5, 5.41) is 0. The lowest BCUT2D eigenvalue weighted by molar-refractivity contribution is 0.431. The van der Waals surface area contributed by atoms with E-state index in [-0.39, 0.29) is 0 Å². The Labute approximate surface area is 240 Å². The molecule has 4 aromatic carbocycles. The predicted molar refractivity (Wildman–Crippen MR) is 171 cm³/mol. The Balaban J connectivity index is 1.42. The Bertz CT molecular complexity index is 1280. The third-order valence-corrected chi connectivity index (χ3v) is 8.05. The molecule has 0 aromatic heterocycles. The summed E-state index contributed by atoms with van der Waals surface area (Å²) >= 11 is 1.41. The lowest BCUT2D eigenvalue weighted by Gasteiger charge is -2.14. The normalized spacial score (nSPS) is 11.3. The van der Waals surface area contributed by atoms with Crippen LogP contribution < -0.4 is 0 Å². The van der Waals surface area contributed by atoms with Gasteiger partial charge in [-0.15, -0.1) is 0 Å². The van der Waals surface area contributed by atoms with Gasteiger partial charge in [0.25, 0.3) is 0 Å². The standard InChI is InChI=1S/C36H43NOS/c1-5-7-8-10-28-12-16-31(17-13-28)32-20-22-33(23-21-32)35-24-25-36(30(6-2)27-35)34-18-14-29(15-19-34)11-9-26-37(3)39-38-4/h12-25,27H,5-11,26H2,1-4H3. The lowest BCUT2D eigenvalue weighted by atomic mass is 9.92. The molecule has 0 aliphatic carbocycles. The fourth-order valence-corrected chi connectivity index (χ4v) is 5.62. The van der Waals surface area contributed by atoms with E-state index in [0.29, 0.717) is 0 Å². The summed E-state index contributed by atoms with van der Waals surface area (Å²) in [7, 11) is 3.78. The molecule has 0 amide bonds. The molecular weight excluding hydrogens is 494 g/mol. The zero-order valence-electron chi connectivity index (χ0n) is 24.1. The number of hydrogen-bond donors (Lipinski definition) is 0. The first-order chi connectivity index (χ1) is 19.1. The van der Waals surface area contributed by atoms with Crippen LogP contribution >= 0.6 is 12.2 Å². The summed E-state index contributed by atoms with van der Waals surface area (Å²) in [5.41, 5.74) is 11.9. The van der Waals surface area contributed by atoms with Crippen LogP contribution in [0.2, 0.25) is 0 Å². The summed E-state index contributed by atoms with van der Waals surface area (Å²) in [4.78, 5) is 0. The minimum Gasteiger partial charge on any atom is -0.304 e. The van der Waals surface area contributed by atoms with E-state index in [1.165, 1.54) is 88.0 Å². The van der Waals surface area contributed by atoms with E-state index >= 15 is 0 Å². The summed E-state index contributed by atoms with van der Waals surface area (Å²) in [5.74, 6) is 0. The van der Waals surface area contributed by atoms with Crippen molar-refractivity contribution in [1.29, 1.82) is 0 Å². The molecule has 0 aliphatic heterocycles. The van der Waals surface area contributed by atoms with Gasteiger partial charge in [-0.3, -0.25) is 0 Å². The average Bonchev–Trinajstić information content (AvgIpc) is 2.98. The van der Waals surface area contributed by atoms with Crippen LogP contribution in [0.5, 0.6) is 0 Å². The SMILES string of the molecule is CCCCCc1ccc(-c2ccc(-c3ccc(-c4ccc(CCCN(C)SOC)cc4)c(CC)c3)cc2)cc1. The molecule has 0 saturated heterocycles. The van der Waals surface area contributed by atoms with Crippen LogP contribution in [0, 0.1) is 0 Å². The Hall–Kier alpha value is -2.85. The number of rotatable bonds is 14. The van der Waals surface area contributed by atoms with Crippen LogP contribution in [-0.4, -0.2) is 25.0 Å². The van der Waals surface area contributed by atoms with Crippen molar-refractivity contribution in [2.75, 3.05) is 20.7 Å². The van der Waals surface area contributed by atoms with Crippen molar-refractivity contribution in [1.82, 2.24) is 4.31 Å². The van der Waals surface area contributed by atoms with Gasteiger partial charge in [-0.1, -0.05) is 118 Å². The topological polar surface area (TPSA) is 12.5 Å². The molecule has 0 aliphatic rings. The van der Waals surface area contributed by atoms with Crippen molar-refractivity contribution >= 4 is 12.2 Å². The molecule has 0 spiro atoms. The molecule has 0 saturated carbocycles. The highest BCUT2D eigenvalue weighted by molar-refractivity contribution is 7.92. The largest absolute Gasteiger partial charge is 0.304 e. The van der Waals surface area contributed by atoms with E-state index in [0.717, 1.165) is 25.8 Å². The Morgan fingerprint density at radius 2 is 1.13 bits per heavy atom. The smallest absolute Gasteiger partial charge is 0.0813 e. The monoisotopic (exact) mass is 537 g/mol. The van der Waals surface area contributed by atoms with Crippen LogP contribution in [0.15, 0.2) is 91.0 Å². The highest BCUT2D eigenvalue weighted by Gasteiger charge is 2.08. The molecule has 0 fully saturated rings. The van der Waals surface area contributed by atoms with E-state index < -0.39 is 0 Å². The molecule has 4 rings (SSSR count). The number of benzene rings is 4. The van der Waals surface area contributed by atoms with E-state index in [1.54, 1.807) is 7.11 Å². The first-order valence-corrected chi connectivity index (χ1v) is 15.1. The van der Waals surface area contributed by atoms with Gasteiger partial charge in [0.2, 0.25) is 0 Å². The lowest BCUT2D eigenvalue weighted by Crippen LogP contribution is -2.11. The number of aryl methyl sites for hydroxylation is 3. The van der Waals surface area contributed by atoms with Crippen molar-refractivity contribution in [3.05, 3.63) is 108 Å². The van der Waals surface area contributed by atoms with Gasteiger partial charge in [0.05, 0.1) is 19.3 Å². The van der Waals surface area contributed by atoms with Gasteiger partial charge in [0, 0.05) is 6.54 Å². The van der Waals surface area contributed by atoms with Gasteiger partial charge in [-0.2, -0.15) is 0 Å². The van der Waals surface area contributed by atoms with E-state index in [4.69, 9.17) is 4.18 Å². The second kappa shape index (κ2) is 15.1. The average molecular weight is 538 g/mol. The van der Waals surface area contributed by atoms with E-state index in [9.17, 15) is 0 Å². The van der Waals surface area contributed by atoms with Crippen molar-refractivity contribution < 1.29 is 4.18 Å². The summed E-state index contributed by atoms with van der Waals surface area (Å²) in [6.45, 7) is 5.52. The summed E-state index contributed by atoms with van der Waals surface area (Å²) in [6.07, 6.45) is 8.24. The highest BCUT2D eigenvalue weighted by atomic mass is 32.2. The van der Waals surface area contributed by atoms with Gasteiger partial charge in [-0.05, 0) is 89.2 Å². The molecule has 0 N–H and O–H groups in total. The fraction of sp³-hybridized carbons (Fsp3) is 0.333. The second-order valence-electron chi connectivity index (χ2n) is 10.4. The van der Waals surface area contributed by atoms with Crippen molar-refractivity contribution in [3.8, 4) is 33.4 Å². The number of hydrogen-bond acceptors (Lipinski definition) is 3. The first kappa shape index (κ1) is 29.1. The molecule has 0 bridgehead atoms. The molecule has 4 aromatic rings. The molecule has 0 atom stereocenters. The highest BCUT2D eigenvalue weighted by Crippen LogP contribution is 2.31. The van der Waals surface area contributed by atoms with Crippen LogP contribution in [0.4, 0.5) is 0 Å². The minimum atomic E-state index is 1.01. The molecule has 3 heteroatoms. The Kier molecular flexibility index (Phi) is 11.3. The van der Waals surface area contributed by atoms with Gasteiger partial charge < -0.3 is 4.18 Å². The van der Waals surface area contributed by atoms with Crippen LogP contribution in [0.3, 0.4) is 0 Å². The predicted octanol–water partition coefficient (Wildman–Crippen LogP) is 10.1. The molecule has 2 nitrogen and oxygen atoms in total. The molecule has 204 valence electrons. The minimum absolute atomic E-state index is 1.01. The molecule has 39 heavy (non-hydrogen) atoms. The summed E-state index contributed by atoms with van der Waals surface area (Å²) < 4.78 is 7.24. The van der Waals surface area contributed by atoms with Crippen molar-refractivity contribution in [3.63, 3.8) is 0 Å². The van der Waals surface area contributed by atoms with Gasteiger partial charge in [0.1, 0.15) is 0 Å². The molecular formula is C36H43NOS. The van der Waals surface area contributed by atoms with Gasteiger partial charge in [-0.25, -0.2) is 4.31 Å². The molecule has 0 radical (unpaired) electrons. The Morgan fingerprint density at radius 3 is 1.69 bits per heavy atom. The fourth-order valence-electron chi connectivity index (χ4n) is 5.17. The summed E-state index contributed by atoms with van der Waals surface area (Å²) in [6, 6.07) is 34.2.